The van der Waals surface area contributed by atoms with Gasteiger partial charge in [0.1, 0.15) is 0 Å². The summed E-state index contributed by atoms with van der Waals surface area (Å²) in [5.74, 6) is -2.45. The van der Waals surface area contributed by atoms with Crippen LogP contribution in [0.1, 0.15) is 33.1 Å². The van der Waals surface area contributed by atoms with Crippen molar-refractivity contribution in [3.8, 4) is 0 Å². The predicted octanol–water partition coefficient (Wildman–Crippen LogP) is 0.931. The summed E-state index contributed by atoms with van der Waals surface area (Å²) in [6.45, 7) is 3.46. The summed E-state index contributed by atoms with van der Waals surface area (Å²) in [5, 5.41) is 21.1. The summed E-state index contributed by atoms with van der Waals surface area (Å²) in [7, 11) is 0. The molecule has 1 amide bonds. The highest BCUT2D eigenvalue weighted by Gasteiger charge is 2.36. The molecule has 5 nitrogen and oxygen atoms in total. The summed E-state index contributed by atoms with van der Waals surface area (Å²) in [6, 6.07) is 0. The zero-order valence-corrected chi connectivity index (χ0v) is 10.8. The van der Waals surface area contributed by atoms with E-state index in [1.807, 2.05) is 13.0 Å². The number of amides is 1. The summed E-state index contributed by atoms with van der Waals surface area (Å²) < 4.78 is 0. The van der Waals surface area contributed by atoms with Gasteiger partial charge in [0.2, 0.25) is 5.91 Å². The zero-order valence-electron chi connectivity index (χ0n) is 10.8. The number of aliphatic carboxylic acids is 1. The number of hydrogen-bond donors (Lipinski definition) is 3. The van der Waals surface area contributed by atoms with Crippen LogP contribution in [0.3, 0.4) is 0 Å². The minimum absolute atomic E-state index is 0.157. The molecule has 1 rings (SSSR count). The Balaban J connectivity index is 2.76. The van der Waals surface area contributed by atoms with Gasteiger partial charge in [0, 0.05) is 0 Å². The van der Waals surface area contributed by atoms with E-state index in [0.29, 0.717) is 19.3 Å². The molecule has 18 heavy (non-hydrogen) atoms. The molecule has 3 atom stereocenters. The number of carbonyl (C=O) groups excluding carboxylic acids is 1. The fourth-order valence-electron chi connectivity index (χ4n) is 2.01. The highest BCUT2D eigenvalue weighted by Crippen LogP contribution is 2.26. The topological polar surface area (TPSA) is 86.6 Å². The van der Waals surface area contributed by atoms with Crippen LogP contribution < -0.4 is 5.32 Å². The second-order valence-corrected chi connectivity index (χ2v) is 5.06. The van der Waals surface area contributed by atoms with E-state index in [-0.39, 0.29) is 12.5 Å². The van der Waals surface area contributed by atoms with E-state index in [4.69, 9.17) is 5.11 Å². The summed E-state index contributed by atoms with van der Waals surface area (Å²) in [5.41, 5.74) is -0.679. The molecule has 0 aliphatic heterocycles. The molecule has 1 aliphatic rings. The van der Waals surface area contributed by atoms with Gasteiger partial charge in [-0.3, -0.25) is 9.59 Å². The average molecular weight is 255 g/mol. The SMILES string of the molecule is CCC(C)(CO)NC(=O)[C@@H]1CC=CC[C@@H]1C(=O)O. The van der Waals surface area contributed by atoms with Crippen LogP contribution in [0.2, 0.25) is 0 Å². The maximum atomic E-state index is 12.1. The van der Waals surface area contributed by atoms with Crippen LogP contribution in [-0.4, -0.2) is 34.2 Å². The first-order chi connectivity index (χ1) is 8.43. The van der Waals surface area contributed by atoms with Crippen molar-refractivity contribution in [1.82, 2.24) is 5.32 Å². The molecule has 0 aromatic heterocycles. The molecule has 0 aromatic rings. The first-order valence-electron chi connectivity index (χ1n) is 6.24. The van der Waals surface area contributed by atoms with Gasteiger partial charge in [-0.05, 0) is 26.2 Å². The number of carboxylic acids is 1. The Bertz CT molecular complexity index is 347. The lowest BCUT2D eigenvalue weighted by Gasteiger charge is -2.32. The number of allylic oxidation sites excluding steroid dienone is 2. The zero-order chi connectivity index (χ0) is 13.8. The van der Waals surface area contributed by atoms with E-state index >= 15 is 0 Å². The fourth-order valence-corrected chi connectivity index (χ4v) is 2.01. The molecule has 0 saturated carbocycles. The van der Waals surface area contributed by atoms with Crippen LogP contribution in [0.5, 0.6) is 0 Å². The van der Waals surface area contributed by atoms with Crippen molar-refractivity contribution in [2.75, 3.05) is 6.61 Å². The van der Waals surface area contributed by atoms with Crippen molar-refractivity contribution in [1.29, 1.82) is 0 Å². The lowest BCUT2D eigenvalue weighted by Crippen LogP contribution is -2.52. The molecule has 102 valence electrons. The van der Waals surface area contributed by atoms with Crippen molar-refractivity contribution >= 4 is 11.9 Å². The van der Waals surface area contributed by atoms with Gasteiger partial charge in [0.15, 0.2) is 0 Å². The molecule has 3 N–H and O–H groups in total. The third-order valence-corrected chi connectivity index (χ3v) is 3.64. The second-order valence-electron chi connectivity index (χ2n) is 5.06. The van der Waals surface area contributed by atoms with Crippen molar-refractivity contribution in [2.45, 2.75) is 38.6 Å². The number of rotatable bonds is 5. The third-order valence-electron chi connectivity index (χ3n) is 3.64. The van der Waals surface area contributed by atoms with Gasteiger partial charge >= 0.3 is 5.97 Å². The van der Waals surface area contributed by atoms with E-state index < -0.39 is 23.3 Å². The van der Waals surface area contributed by atoms with E-state index in [1.165, 1.54) is 0 Å². The Labute approximate surface area is 107 Å². The Hall–Kier alpha value is -1.36. The standard InChI is InChI=1S/C13H21NO4/c1-3-13(2,8-15)14-11(16)9-6-4-5-7-10(9)12(17)18/h4-5,9-10,15H,3,6-8H2,1-2H3,(H,14,16)(H,17,18)/t9-,10+,13?/m1/s1. The third kappa shape index (κ3) is 3.32. The molecular formula is C13H21NO4. The lowest BCUT2D eigenvalue weighted by atomic mass is 9.81. The van der Waals surface area contributed by atoms with Crippen LogP contribution in [0.15, 0.2) is 12.2 Å². The van der Waals surface area contributed by atoms with Crippen molar-refractivity contribution in [2.24, 2.45) is 11.8 Å². The van der Waals surface area contributed by atoms with Crippen molar-refractivity contribution < 1.29 is 19.8 Å². The highest BCUT2D eigenvalue weighted by molar-refractivity contribution is 5.85. The van der Waals surface area contributed by atoms with Crippen LogP contribution >= 0.6 is 0 Å². The Kier molecular flexibility index (Phi) is 4.90. The number of carboxylic acid groups (broad SMARTS) is 1. The van der Waals surface area contributed by atoms with Gasteiger partial charge in [-0.2, -0.15) is 0 Å². The molecule has 0 saturated heterocycles. The Morgan fingerprint density at radius 2 is 1.89 bits per heavy atom. The molecule has 0 bridgehead atoms. The summed E-state index contributed by atoms with van der Waals surface area (Å²) in [6.07, 6.45) is 5.05. The number of aliphatic hydroxyl groups is 1. The van der Waals surface area contributed by atoms with Crippen LogP contribution in [0.25, 0.3) is 0 Å². The number of aliphatic hydroxyl groups excluding tert-OH is 1. The smallest absolute Gasteiger partial charge is 0.307 e. The fraction of sp³-hybridized carbons (Fsp3) is 0.692. The Morgan fingerprint density at radius 3 is 2.33 bits per heavy atom. The number of nitrogens with one attached hydrogen (secondary N) is 1. The van der Waals surface area contributed by atoms with E-state index in [2.05, 4.69) is 5.32 Å². The number of carbonyl (C=O) groups is 2. The number of hydrogen-bond acceptors (Lipinski definition) is 3. The van der Waals surface area contributed by atoms with E-state index in [0.717, 1.165) is 0 Å². The van der Waals surface area contributed by atoms with Crippen molar-refractivity contribution in [3.05, 3.63) is 12.2 Å². The molecule has 0 radical (unpaired) electrons. The molecule has 5 heteroatoms. The summed E-state index contributed by atoms with van der Waals surface area (Å²) >= 11 is 0. The molecule has 0 heterocycles. The van der Waals surface area contributed by atoms with Gasteiger partial charge < -0.3 is 15.5 Å². The van der Waals surface area contributed by atoms with Gasteiger partial charge in [0.05, 0.1) is 24.0 Å². The summed E-state index contributed by atoms with van der Waals surface area (Å²) in [4.78, 5) is 23.2. The van der Waals surface area contributed by atoms with Gasteiger partial charge in [-0.15, -0.1) is 0 Å². The van der Waals surface area contributed by atoms with Gasteiger partial charge in [-0.1, -0.05) is 19.1 Å². The van der Waals surface area contributed by atoms with Gasteiger partial charge in [-0.25, -0.2) is 0 Å². The Morgan fingerprint density at radius 1 is 1.33 bits per heavy atom. The van der Waals surface area contributed by atoms with E-state index in [9.17, 15) is 14.7 Å². The minimum Gasteiger partial charge on any atom is -0.481 e. The minimum atomic E-state index is -0.943. The molecule has 1 unspecified atom stereocenters. The molecule has 1 aliphatic carbocycles. The van der Waals surface area contributed by atoms with Crippen molar-refractivity contribution in [3.63, 3.8) is 0 Å². The first kappa shape index (κ1) is 14.7. The monoisotopic (exact) mass is 255 g/mol. The lowest BCUT2D eigenvalue weighted by molar-refractivity contribution is -0.147. The maximum absolute atomic E-state index is 12.1. The predicted molar refractivity (Wildman–Crippen MR) is 66.9 cm³/mol. The molecule has 0 spiro atoms. The van der Waals surface area contributed by atoms with Crippen LogP contribution in [-0.2, 0) is 9.59 Å². The molecule has 0 aromatic carbocycles. The van der Waals surface area contributed by atoms with Crippen LogP contribution in [0.4, 0.5) is 0 Å². The van der Waals surface area contributed by atoms with E-state index in [1.54, 1.807) is 13.0 Å². The largest absolute Gasteiger partial charge is 0.481 e. The molecular weight excluding hydrogens is 234 g/mol. The maximum Gasteiger partial charge on any atom is 0.307 e. The second kappa shape index (κ2) is 6.00. The average Bonchev–Trinajstić information content (AvgIpc) is 2.38. The quantitative estimate of drug-likeness (QED) is 0.638. The normalized spacial score (nSPS) is 26.4. The first-order valence-corrected chi connectivity index (χ1v) is 6.24. The van der Waals surface area contributed by atoms with Gasteiger partial charge in [0.25, 0.3) is 0 Å². The highest BCUT2D eigenvalue weighted by atomic mass is 16.4. The molecule has 0 fully saturated rings. The van der Waals surface area contributed by atoms with Crippen LogP contribution in [0, 0.1) is 11.8 Å².